The van der Waals surface area contributed by atoms with Crippen molar-refractivity contribution in [2.24, 2.45) is 5.41 Å². The summed E-state index contributed by atoms with van der Waals surface area (Å²) in [7, 11) is -3.59. The highest BCUT2D eigenvalue weighted by molar-refractivity contribution is 7.88. The van der Waals surface area contributed by atoms with Crippen LogP contribution in [-0.2, 0) is 20.6 Å². The lowest BCUT2D eigenvalue weighted by Crippen LogP contribution is -2.47. The number of carbonyl (C=O) groups excluding carboxylic acids is 1. The van der Waals surface area contributed by atoms with Gasteiger partial charge in [-0.3, -0.25) is 4.79 Å². The summed E-state index contributed by atoms with van der Waals surface area (Å²) in [5, 5.41) is 3.74. The Morgan fingerprint density at radius 2 is 1.75 bits per heavy atom. The van der Waals surface area contributed by atoms with Crippen molar-refractivity contribution < 1.29 is 35.6 Å². The van der Waals surface area contributed by atoms with Crippen molar-refractivity contribution >= 4 is 21.6 Å². The summed E-state index contributed by atoms with van der Waals surface area (Å²) < 4.78 is 72.6. The zero-order chi connectivity index (χ0) is 23.1. The monoisotopic (exact) mass is 473 g/mol. The molecule has 0 radical (unpaired) electrons. The highest BCUT2D eigenvalue weighted by Crippen LogP contribution is 2.44. The second kappa shape index (κ2) is 8.07. The smallest absolute Gasteiger partial charge is 0.406 e. The van der Waals surface area contributed by atoms with Crippen LogP contribution in [0.2, 0.25) is 0 Å². The van der Waals surface area contributed by atoms with Gasteiger partial charge in [0, 0.05) is 31.4 Å². The molecule has 2 aliphatic rings. The zero-order valence-electron chi connectivity index (χ0n) is 17.3. The van der Waals surface area contributed by atoms with E-state index in [4.69, 9.17) is 4.52 Å². The van der Waals surface area contributed by atoms with Crippen LogP contribution in [0, 0.1) is 12.3 Å². The summed E-state index contributed by atoms with van der Waals surface area (Å²) in [6.45, 7) is 2.54. The molecule has 2 saturated heterocycles. The summed E-state index contributed by atoms with van der Waals surface area (Å²) in [5.74, 6) is -0.221. The van der Waals surface area contributed by atoms with E-state index in [9.17, 15) is 26.4 Å². The molecule has 174 valence electrons. The number of amides is 1. The van der Waals surface area contributed by atoms with Crippen molar-refractivity contribution in [2.45, 2.75) is 38.3 Å². The van der Waals surface area contributed by atoms with Crippen molar-refractivity contribution in [3.8, 4) is 5.75 Å². The minimum Gasteiger partial charge on any atom is -0.406 e. The van der Waals surface area contributed by atoms with Crippen LogP contribution in [0.15, 0.2) is 34.9 Å². The SMILES string of the molecule is Cc1cc(CS(=O)(=O)N2CCC3(CCN(c4ccc(OC(F)(F)F)cc4)C3=O)CC2)no1. The van der Waals surface area contributed by atoms with E-state index >= 15 is 0 Å². The Bertz CT molecular complexity index is 1090. The van der Waals surface area contributed by atoms with Gasteiger partial charge in [0.1, 0.15) is 23.0 Å². The van der Waals surface area contributed by atoms with E-state index in [1.54, 1.807) is 17.9 Å². The summed E-state index contributed by atoms with van der Waals surface area (Å²) in [5.41, 5.74) is 0.152. The second-order valence-corrected chi connectivity index (χ2v) is 10.1. The first-order valence-corrected chi connectivity index (χ1v) is 11.7. The van der Waals surface area contributed by atoms with Crippen LogP contribution >= 0.6 is 0 Å². The normalized spacial score (nSPS) is 19.6. The van der Waals surface area contributed by atoms with E-state index in [0.717, 1.165) is 0 Å². The number of aromatic nitrogens is 1. The molecular formula is C20H22F3N3O5S. The number of benzene rings is 1. The number of nitrogens with zero attached hydrogens (tertiary/aromatic N) is 3. The number of sulfonamides is 1. The lowest BCUT2D eigenvalue weighted by atomic mass is 9.77. The number of piperidine rings is 1. The number of anilines is 1. The Morgan fingerprint density at radius 3 is 2.31 bits per heavy atom. The minimum absolute atomic E-state index is 0.133. The zero-order valence-corrected chi connectivity index (χ0v) is 18.1. The van der Waals surface area contributed by atoms with E-state index in [1.165, 1.54) is 28.6 Å². The number of aryl methyl sites for hydroxylation is 1. The molecule has 0 bridgehead atoms. The topological polar surface area (TPSA) is 93.0 Å². The first-order chi connectivity index (χ1) is 15.0. The standard InChI is InChI=1S/C20H22F3N3O5S/c1-14-12-15(24-31-14)13-32(28,29)25-9-6-19(7-10-25)8-11-26(18(19)27)16-2-4-17(5-3-16)30-20(21,22)23/h2-5,12H,6-11,13H2,1H3. The molecule has 2 aliphatic heterocycles. The van der Waals surface area contributed by atoms with Gasteiger partial charge in [0.05, 0.1) is 5.41 Å². The third-order valence-corrected chi connectivity index (χ3v) is 7.79. The minimum atomic E-state index is -4.78. The fourth-order valence-corrected chi connectivity index (χ4v) is 5.75. The third kappa shape index (κ3) is 4.60. The van der Waals surface area contributed by atoms with Gasteiger partial charge in [0.2, 0.25) is 15.9 Å². The highest BCUT2D eigenvalue weighted by atomic mass is 32.2. The number of halogens is 3. The van der Waals surface area contributed by atoms with Crippen LogP contribution in [0.3, 0.4) is 0 Å². The largest absolute Gasteiger partial charge is 0.573 e. The van der Waals surface area contributed by atoms with Gasteiger partial charge >= 0.3 is 6.36 Å². The molecule has 0 aliphatic carbocycles. The quantitative estimate of drug-likeness (QED) is 0.662. The molecule has 12 heteroatoms. The van der Waals surface area contributed by atoms with Gasteiger partial charge in [-0.05, 0) is 50.5 Å². The van der Waals surface area contributed by atoms with Gasteiger partial charge in [0.15, 0.2) is 0 Å². The molecule has 0 atom stereocenters. The maximum atomic E-state index is 13.2. The molecule has 32 heavy (non-hydrogen) atoms. The molecule has 1 aromatic heterocycles. The van der Waals surface area contributed by atoms with E-state index < -0.39 is 21.8 Å². The van der Waals surface area contributed by atoms with E-state index in [2.05, 4.69) is 9.89 Å². The average molecular weight is 473 g/mol. The predicted molar refractivity (Wildman–Crippen MR) is 107 cm³/mol. The first kappa shape index (κ1) is 22.6. The molecule has 4 rings (SSSR count). The summed E-state index contributed by atoms with van der Waals surface area (Å²) in [6, 6.07) is 6.74. The van der Waals surface area contributed by atoms with E-state index in [-0.39, 0.29) is 30.5 Å². The molecule has 2 aromatic rings. The van der Waals surface area contributed by atoms with Gasteiger partial charge in [-0.15, -0.1) is 13.2 Å². The Morgan fingerprint density at radius 1 is 1.12 bits per heavy atom. The summed E-state index contributed by atoms with van der Waals surface area (Å²) in [4.78, 5) is 14.7. The van der Waals surface area contributed by atoms with Crippen LogP contribution in [0.1, 0.15) is 30.7 Å². The van der Waals surface area contributed by atoms with Gasteiger partial charge in [0.25, 0.3) is 0 Å². The Kier molecular flexibility index (Phi) is 5.70. The number of hydrogen-bond acceptors (Lipinski definition) is 6. The van der Waals surface area contributed by atoms with Crippen LogP contribution in [0.4, 0.5) is 18.9 Å². The molecular weight excluding hydrogens is 451 g/mol. The molecule has 1 aromatic carbocycles. The number of carbonyl (C=O) groups is 1. The number of alkyl halides is 3. The summed E-state index contributed by atoms with van der Waals surface area (Å²) >= 11 is 0. The van der Waals surface area contributed by atoms with Crippen LogP contribution in [0.5, 0.6) is 5.75 Å². The number of rotatable bonds is 5. The van der Waals surface area contributed by atoms with Crippen LogP contribution < -0.4 is 9.64 Å². The molecule has 0 saturated carbocycles. The van der Waals surface area contributed by atoms with Crippen molar-refractivity contribution in [1.29, 1.82) is 0 Å². The van der Waals surface area contributed by atoms with Gasteiger partial charge in [-0.25, -0.2) is 12.7 Å². The predicted octanol–water partition coefficient (Wildman–Crippen LogP) is 3.23. The molecule has 0 unspecified atom stereocenters. The number of ether oxygens (including phenoxy) is 1. The molecule has 1 spiro atoms. The van der Waals surface area contributed by atoms with Crippen LogP contribution in [0.25, 0.3) is 0 Å². The molecule has 8 nitrogen and oxygen atoms in total. The number of hydrogen-bond donors (Lipinski definition) is 0. The average Bonchev–Trinajstić information content (AvgIpc) is 3.25. The van der Waals surface area contributed by atoms with Crippen molar-refractivity contribution in [3.05, 3.63) is 41.8 Å². The lowest BCUT2D eigenvalue weighted by Gasteiger charge is -2.37. The third-order valence-electron chi connectivity index (χ3n) is 5.97. The maximum Gasteiger partial charge on any atom is 0.573 e. The van der Waals surface area contributed by atoms with Gasteiger partial charge < -0.3 is 14.2 Å². The van der Waals surface area contributed by atoms with Crippen molar-refractivity contribution in [3.63, 3.8) is 0 Å². The fourth-order valence-electron chi connectivity index (χ4n) is 4.32. The maximum absolute atomic E-state index is 13.2. The molecule has 0 N–H and O–H groups in total. The Balaban J connectivity index is 1.40. The summed E-state index contributed by atoms with van der Waals surface area (Å²) in [6.07, 6.45) is -3.46. The molecule has 2 fully saturated rings. The van der Waals surface area contributed by atoms with Crippen molar-refractivity contribution in [2.75, 3.05) is 24.5 Å². The van der Waals surface area contributed by atoms with E-state index in [0.29, 0.717) is 42.9 Å². The molecule has 1 amide bonds. The van der Waals surface area contributed by atoms with Crippen molar-refractivity contribution in [1.82, 2.24) is 9.46 Å². The van der Waals surface area contributed by atoms with E-state index in [1.807, 2.05) is 0 Å². The highest BCUT2D eigenvalue weighted by Gasteiger charge is 2.49. The first-order valence-electron chi connectivity index (χ1n) is 10.1. The Hall–Kier alpha value is -2.60. The van der Waals surface area contributed by atoms with Gasteiger partial charge in [-0.2, -0.15) is 0 Å². The lowest BCUT2D eigenvalue weighted by molar-refractivity contribution is -0.274. The van der Waals surface area contributed by atoms with Gasteiger partial charge in [-0.1, -0.05) is 5.16 Å². The van der Waals surface area contributed by atoms with Crippen LogP contribution in [-0.4, -0.2) is 49.8 Å². The fraction of sp³-hybridized carbons (Fsp3) is 0.500. The second-order valence-electron chi connectivity index (χ2n) is 8.11. The Labute approximate surface area is 183 Å². The molecule has 3 heterocycles.